The molecule has 0 heterocycles. The average molecular weight is 355 g/mol. The summed E-state index contributed by atoms with van der Waals surface area (Å²) in [5.74, 6) is -0.853. The van der Waals surface area contributed by atoms with Gasteiger partial charge in [-0.3, -0.25) is 10.1 Å². The van der Waals surface area contributed by atoms with E-state index in [1.54, 1.807) is 6.07 Å². The van der Waals surface area contributed by atoms with Gasteiger partial charge >= 0.3 is 6.09 Å². The number of amides is 2. The van der Waals surface area contributed by atoms with Crippen LogP contribution in [0.4, 0.5) is 9.18 Å². The summed E-state index contributed by atoms with van der Waals surface area (Å²) >= 11 is 3.23. The number of hydrogen-bond acceptors (Lipinski definition) is 3. The Bertz CT molecular complexity index is 482. The van der Waals surface area contributed by atoms with Gasteiger partial charge in [-0.05, 0) is 24.1 Å². The van der Waals surface area contributed by atoms with Gasteiger partial charge in [0.15, 0.2) is 0 Å². The minimum atomic E-state index is -0.822. The summed E-state index contributed by atoms with van der Waals surface area (Å²) in [5.41, 5.74) is 1.37. The van der Waals surface area contributed by atoms with Crippen molar-refractivity contribution in [2.75, 3.05) is 6.61 Å². The number of halogens is 3. The van der Waals surface area contributed by atoms with Gasteiger partial charge in [0.1, 0.15) is 5.82 Å². The van der Waals surface area contributed by atoms with Gasteiger partial charge in [0.05, 0.1) is 6.61 Å². The maximum atomic E-state index is 13.5. The second-order valence-electron chi connectivity index (χ2n) is 3.76. The molecule has 1 N–H and O–H groups in total. The minimum Gasteiger partial charge on any atom is -0.449 e. The van der Waals surface area contributed by atoms with Crippen LogP contribution in [0, 0.1) is 12.7 Å². The monoisotopic (exact) mass is 353 g/mol. The first kappa shape index (κ1) is 17.9. The van der Waals surface area contributed by atoms with Crippen molar-refractivity contribution in [1.82, 2.24) is 5.32 Å². The molecule has 106 valence electrons. The van der Waals surface area contributed by atoms with Gasteiger partial charge in [-0.1, -0.05) is 22.0 Å². The number of nitrogens with one attached hydrogen (secondary N) is 1. The second kappa shape index (κ2) is 8.12. The normalized spacial score (nSPS) is 9.47. The zero-order valence-corrected chi connectivity index (χ0v) is 12.9. The van der Waals surface area contributed by atoms with Crippen molar-refractivity contribution in [3.05, 3.63) is 33.5 Å². The molecule has 7 heteroatoms. The zero-order valence-electron chi connectivity index (χ0n) is 10.5. The van der Waals surface area contributed by atoms with E-state index in [4.69, 9.17) is 4.74 Å². The summed E-state index contributed by atoms with van der Waals surface area (Å²) in [5, 5.41) is 1.96. The molecule has 0 spiro atoms. The Balaban J connectivity index is 0.00000324. The highest BCUT2D eigenvalue weighted by molar-refractivity contribution is 9.10. The van der Waals surface area contributed by atoms with Crippen LogP contribution in [0.2, 0.25) is 0 Å². The fraction of sp³-hybridized carbons (Fsp3) is 0.333. The Morgan fingerprint density at radius 2 is 2.05 bits per heavy atom. The molecule has 0 saturated carbocycles. The molecule has 1 rings (SSSR count). The molecule has 1 aromatic rings. The van der Waals surface area contributed by atoms with Gasteiger partial charge < -0.3 is 4.74 Å². The number of hydrogen-bond donors (Lipinski definition) is 1. The molecule has 0 atom stereocenters. The Labute approximate surface area is 125 Å². The lowest BCUT2D eigenvalue weighted by Gasteiger charge is -2.07. The lowest BCUT2D eigenvalue weighted by molar-refractivity contribution is -0.118. The van der Waals surface area contributed by atoms with Crippen LogP contribution in [0.25, 0.3) is 0 Å². The van der Waals surface area contributed by atoms with E-state index in [0.717, 1.165) is 5.56 Å². The van der Waals surface area contributed by atoms with Crippen molar-refractivity contribution >= 4 is 40.3 Å². The molecular formula is C12H14BrClFNO3. The number of ether oxygens (including phenoxy) is 1. The number of carbonyl (C=O) groups is 2. The van der Waals surface area contributed by atoms with Crippen LogP contribution in [0.1, 0.15) is 18.1 Å². The van der Waals surface area contributed by atoms with E-state index >= 15 is 0 Å². The number of carbonyl (C=O) groups excluding carboxylic acids is 2. The summed E-state index contributed by atoms with van der Waals surface area (Å²) < 4.78 is 19.0. The van der Waals surface area contributed by atoms with Crippen molar-refractivity contribution in [2.45, 2.75) is 20.3 Å². The predicted molar refractivity (Wildman–Crippen MR) is 75.0 cm³/mol. The number of alkyl carbamates (subject to hydrolysis) is 1. The molecule has 2 amide bonds. The number of benzene rings is 1. The summed E-state index contributed by atoms with van der Waals surface area (Å²) in [6.45, 7) is 3.06. The Hall–Kier alpha value is -1.14. The second-order valence-corrected chi connectivity index (χ2v) is 4.61. The third-order valence-corrected chi connectivity index (χ3v) is 3.06. The molecule has 0 radical (unpaired) electrons. The van der Waals surface area contributed by atoms with Crippen molar-refractivity contribution in [2.24, 2.45) is 0 Å². The molecule has 0 aliphatic rings. The van der Waals surface area contributed by atoms with Crippen LogP contribution in [0.15, 0.2) is 16.6 Å². The third kappa shape index (κ3) is 6.02. The minimum absolute atomic E-state index is 0. The number of imide groups is 1. The summed E-state index contributed by atoms with van der Waals surface area (Å²) in [7, 11) is 0. The van der Waals surface area contributed by atoms with Gasteiger partial charge in [-0.2, -0.15) is 0 Å². The van der Waals surface area contributed by atoms with E-state index in [-0.39, 0.29) is 31.3 Å². The summed E-state index contributed by atoms with van der Waals surface area (Å²) in [6, 6.07) is 3.06. The van der Waals surface area contributed by atoms with Crippen molar-refractivity contribution in [3.63, 3.8) is 0 Å². The topological polar surface area (TPSA) is 55.4 Å². The molecule has 0 aromatic heterocycles. The van der Waals surface area contributed by atoms with Gasteiger partial charge in [0, 0.05) is 17.8 Å². The maximum Gasteiger partial charge on any atom is 0.413 e. The van der Waals surface area contributed by atoms with E-state index in [9.17, 15) is 14.0 Å². The summed E-state index contributed by atoms with van der Waals surface area (Å²) in [6.07, 6.45) is -0.567. The third-order valence-electron chi connectivity index (χ3n) is 2.21. The SMILES string of the molecule is CC(=O)NC(=O)OCCc1cc(C)c(Br)cc1F.Cl. The van der Waals surface area contributed by atoms with Crippen molar-refractivity contribution in [1.29, 1.82) is 0 Å². The smallest absolute Gasteiger partial charge is 0.413 e. The highest BCUT2D eigenvalue weighted by atomic mass is 79.9. The molecule has 0 bridgehead atoms. The van der Waals surface area contributed by atoms with E-state index in [0.29, 0.717) is 10.0 Å². The van der Waals surface area contributed by atoms with Crippen LogP contribution in [-0.2, 0) is 16.0 Å². The lowest BCUT2D eigenvalue weighted by Crippen LogP contribution is -2.29. The van der Waals surface area contributed by atoms with Gasteiger partial charge in [0.25, 0.3) is 0 Å². The highest BCUT2D eigenvalue weighted by Crippen LogP contribution is 2.20. The molecule has 0 aliphatic carbocycles. The molecule has 0 fully saturated rings. The van der Waals surface area contributed by atoms with Crippen molar-refractivity contribution in [3.8, 4) is 0 Å². The first-order valence-electron chi connectivity index (χ1n) is 5.29. The van der Waals surface area contributed by atoms with Gasteiger partial charge in [-0.25, -0.2) is 9.18 Å². The fourth-order valence-corrected chi connectivity index (χ4v) is 1.66. The Kier molecular flexibility index (Phi) is 7.63. The number of aryl methyl sites for hydroxylation is 1. The van der Waals surface area contributed by atoms with Crippen LogP contribution >= 0.6 is 28.3 Å². The zero-order chi connectivity index (χ0) is 13.7. The Morgan fingerprint density at radius 1 is 1.42 bits per heavy atom. The average Bonchev–Trinajstić information content (AvgIpc) is 2.24. The number of rotatable bonds is 3. The molecule has 19 heavy (non-hydrogen) atoms. The maximum absolute atomic E-state index is 13.5. The standard InChI is InChI=1S/C12H13BrFNO3.ClH/c1-7-5-9(11(14)6-10(7)13)3-4-18-12(17)15-8(2)16;/h5-6H,3-4H2,1-2H3,(H,15,16,17);1H. The van der Waals surface area contributed by atoms with E-state index in [1.807, 2.05) is 12.2 Å². The van der Waals surface area contributed by atoms with Crippen LogP contribution in [0.3, 0.4) is 0 Å². The molecule has 4 nitrogen and oxygen atoms in total. The molecule has 0 unspecified atom stereocenters. The first-order chi connectivity index (χ1) is 8.40. The molecular weight excluding hydrogens is 340 g/mol. The molecule has 0 aliphatic heterocycles. The summed E-state index contributed by atoms with van der Waals surface area (Å²) in [4.78, 5) is 21.5. The molecule has 1 aromatic carbocycles. The molecule has 0 saturated heterocycles. The quantitative estimate of drug-likeness (QED) is 0.907. The van der Waals surface area contributed by atoms with Gasteiger partial charge in [-0.15, -0.1) is 12.4 Å². The van der Waals surface area contributed by atoms with Crippen LogP contribution in [0.5, 0.6) is 0 Å². The fourth-order valence-electron chi connectivity index (χ4n) is 1.34. The van der Waals surface area contributed by atoms with Crippen LogP contribution in [-0.4, -0.2) is 18.6 Å². The van der Waals surface area contributed by atoms with E-state index in [1.165, 1.54) is 13.0 Å². The Morgan fingerprint density at radius 3 is 2.63 bits per heavy atom. The van der Waals surface area contributed by atoms with Gasteiger partial charge in [0.2, 0.25) is 5.91 Å². The highest BCUT2D eigenvalue weighted by Gasteiger charge is 2.08. The lowest BCUT2D eigenvalue weighted by atomic mass is 10.1. The van der Waals surface area contributed by atoms with Crippen LogP contribution < -0.4 is 5.32 Å². The predicted octanol–water partition coefficient (Wildman–Crippen LogP) is 3.13. The first-order valence-corrected chi connectivity index (χ1v) is 6.08. The van der Waals surface area contributed by atoms with Crippen molar-refractivity contribution < 1.29 is 18.7 Å². The largest absolute Gasteiger partial charge is 0.449 e. The van der Waals surface area contributed by atoms with E-state index < -0.39 is 12.0 Å². The van der Waals surface area contributed by atoms with E-state index in [2.05, 4.69) is 15.9 Å².